The Balaban J connectivity index is 0.000000289. The lowest BCUT2D eigenvalue weighted by atomic mass is 9.72. The highest BCUT2D eigenvalue weighted by atomic mass is 19.4. The van der Waals surface area contributed by atoms with E-state index in [-0.39, 0.29) is 17.6 Å². The summed E-state index contributed by atoms with van der Waals surface area (Å²) in [7, 11) is 0. The number of aryl methyl sites for hydroxylation is 1. The van der Waals surface area contributed by atoms with E-state index in [1.165, 1.54) is 29.5 Å². The predicted octanol–water partition coefficient (Wildman–Crippen LogP) is 4.21. The molecule has 2 aliphatic heterocycles. The van der Waals surface area contributed by atoms with Gasteiger partial charge in [-0.1, -0.05) is 24.3 Å². The summed E-state index contributed by atoms with van der Waals surface area (Å²) < 4.78 is 65.5. The van der Waals surface area contributed by atoms with Crippen LogP contribution < -0.4 is 0 Å². The molecule has 0 saturated carbocycles. The van der Waals surface area contributed by atoms with Gasteiger partial charge >= 0.3 is 24.3 Å². The summed E-state index contributed by atoms with van der Waals surface area (Å²) >= 11 is 0. The van der Waals surface area contributed by atoms with Crippen molar-refractivity contribution < 1.29 is 51.3 Å². The molecule has 0 amide bonds. The first-order valence-corrected chi connectivity index (χ1v) is 13.5. The minimum Gasteiger partial charge on any atom is -0.475 e. The SMILES string of the molecule is CCn1cc(CN2CCC3(CC2)c2ccccc2[C@@H](N2CCCC2)[C@@H]3O)cn1.O=C(O)C(F)(F)F.O=C(O)C(F)(F)F. The van der Waals surface area contributed by atoms with E-state index in [0.717, 1.165) is 52.1 Å². The van der Waals surface area contributed by atoms with E-state index in [1.807, 2.05) is 10.9 Å². The first kappa shape index (κ1) is 33.3. The third-order valence-electron chi connectivity index (χ3n) is 7.87. The van der Waals surface area contributed by atoms with Gasteiger partial charge < -0.3 is 15.3 Å². The van der Waals surface area contributed by atoms with Crippen molar-refractivity contribution in [3.8, 4) is 0 Å². The fourth-order valence-electron chi connectivity index (χ4n) is 5.85. The van der Waals surface area contributed by atoms with Crippen molar-refractivity contribution in [1.29, 1.82) is 0 Å². The normalized spacial score (nSPS) is 22.1. The van der Waals surface area contributed by atoms with Gasteiger partial charge in [0.15, 0.2) is 0 Å². The molecule has 0 unspecified atom stereocenters. The number of aliphatic hydroxyl groups excluding tert-OH is 1. The topological polar surface area (TPSA) is 119 Å². The molecule has 42 heavy (non-hydrogen) atoms. The van der Waals surface area contributed by atoms with E-state index in [4.69, 9.17) is 19.8 Å². The van der Waals surface area contributed by atoms with Gasteiger partial charge in [0.05, 0.1) is 18.3 Å². The highest BCUT2D eigenvalue weighted by Gasteiger charge is 2.54. The quantitative estimate of drug-likeness (QED) is 0.442. The Labute approximate surface area is 238 Å². The van der Waals surface area contributed by atoms with E-state index >= 15 is 0 Å². The molecule has 3 N–H and O–H groups in total. The molecule has 2 atom stereocenters. The Morgan fingerprint density at radius 2 is 1.48 bits per heavy atom. The number of carboxylic acid groups (broad SMARTS) is 2. The van der Waals surface area contributed by atoms with Crippen molar-refractivity contribution in [3.05, 3.63) is 53.3 Å². The van der Waals surface area contributed by atoms with Crippen LogP contribution in [-0.2, 0) is 28.1 Å². The molecule has 0 bridgehead atoms. The Kier molecular flexibility index (Phi) is 10.7. The molecular weight excluding hydrogens is 574 g/mol. The number of alkyl halides is 6. The summed E-state index contributed by atoms with van der Waals surface area (Å²) in [4.78, 5) is 22.9. The number of carbonyl (C=O) groups is 2. The Bertz CT molecular complexity index is 1180. The lowest BCUT2D eigenvalue weighted by Gasteiger charge is -2.43. The molecule has 1 aromatic carbocycles. The molecule has 1 aromatic heterocycles. The zero-order valence-electron chi connectivity index (χ0n) is 22.9. The highest BCUT2D eigenvalue weighted by Crippen LogP contribution is 2.53. The number of aromatic nitrogens is 2. The highest BCUT2D eigenvalue weighted by molar-refractivity contribution is 5.73. The molecule has 1 aliphatic carbocycles. The number of benzene rings is 1. The summed E-state index contributed by atoms with van der Waals surface area (Å²) in [5.74, 6) is -5.51. The average Bonchev–Trinajstić information content (AvgIpc) is 3.66. The van der Waals surface area contributed by atoms with Gasteiger partial charge in [-0.15, -0.1) is 0 Å². The fourth-order valence-corrected chi connectivity index (χ4v) is 5.85. The summed E-state index contributed by atoms with van der Waals surface area (Å²) in [6, 6.07) is 9.05. The zero-order valence-corrected chi connectivity index (χ0v) is 22.9. The van der Waals surface area contributed by atoms with Crippen LogP contribution in [0, 0.1) is 0 Å². The monoisotopic (exact) mass is 608 g/mol. The van der Waals surface area contributed by atoms with Crippen LogP contribution in [0.1, 0.15) is 55.3 Å². The molecule has 5 rings (SSSR count). The second-order valence-electron chi connectivity index (χ2n) is 10.5. The van der Waals surface area contributed by atoms with Gasteiger partial charge in [0, 0.05) is 30.3 Å². The number of hydrogen-bond donors (Lipinski definition) is 3. The van der Waals surface area contributed by atoms with Crippen molar-refractivity contribution in [2.45, 2.75) is 75.6 Å². The van der Waals surface area contributed by atoms with E-state index < -0.39 is 24.3 Å². The summed E-state index contributed by atoms with van der Waals surface area (Å²) in [5, 5.41) is 30.2. The Hall–Kier alpha value is -3.17. The number of fused-ring (bicyclic) bond motifs is 2. The van der Waals surface area contributed by atoms with Crippen LogP contribution in [0.2, 0.25) is 0 Å². The van der Waals surface area contributed by atoms with Gasteiger partial charge in [0.1, 0.15) is 0 Å². The van der Waals surface area contributed by atoms with Crippen molar-refractivity contribution in [2.24, 2.45) is 0 Å². The first-order valence-electron chi connectivity index (χ1n) is 13.5. The van der Waals surface area contributed by atoms with Gasteiger partial charge in [-0.25, -0.2) is 9.59 Å². The van der Waals surface area contributed by atoms with Crippen molar-refractivity contribution in [1.82, 2.24) is 19.6 Å². The number of likely N-dealkylation sites (tertiary alicyclic amines) is 2. The first-order chi connectivity index (χ1) is 19.6. The second kappa shape index (κ2) is 13.4. The zero-order chi connectivity index (χ0) is 31.3. The molecular formula is C27H34F6N4O5. The number of aliphatic hydroxyl groups is 1. The number of rotatable bonds is 4. The van der Waals surface area contributed by atoms with Crippen LogP contribution in [0.3, 0.4) is 0 Å². The third kappa shape index (κ3) is 7.81. The van der Waals surface area contributed by atoms with Crippen LogP contribution in [0.5, 0.6) is 0 Å². The van der Waals surface area contributed by atoms with E-state index in [1.54, 1.807) is 0 Å². The Morgan fingerprint density at radius 3 is 1.95 bits per heavy atom. The molecule has 0 radical (unpaired) electrons. The molecule has 15 heteroatoms. The van der Waals surface area contributed by atoms with Crippen LogP contribution >= 0.6 is 0 Å². The lowest BCUT2D eigenvalue weighted by Crippen LogP contribution is -2.49. The number of carboxylic acids is 2. The number of nitrogens with zero attached hydrogens (tertiary/aromatic N) is 4. The molecule has 9 nitrogen and oxygen atoms in total. The van der Waals surface area contributed by atoms with Gasteiger partial charge in [0.2, 0.25) is 0 Å². The summed E-state index contributed by atoms with van der Waals surface area (Å²) in [6.45, 7) is 8.33. The molecule has 3 aliphatic rings. The molecule has 1 spiro atoms. The molecule has 2 saturated heterocycles. The fraction of sp³-hybridized carbons (Fsp3) is 0.593. The van der Waals surface area contributed by atoms with E-state index in [2.05, 4.69) is 52.3 Å². The third-order valence-corrected chi connectivity index (χ3v) is 7.87. The standard InChI is InChI=1S/C23H32N4O.2C2HF3O2/c1-2-27-17-18(15-24-27)16-25-13-9-23(10-14-25)20-8-4-3-7-19(20)21(22(23)28)26-11-5-6-12-26;2*3-2(4,5)1(6)7/h3-4,7-8,15,17,21-22,28H,2,5-6,9-14,16H2,1H3;2*(H,6,7)/t21-,22+;;/m1../s1. The van der Waals surface area contributed by atoms with Crippen molar-refractivity contribution in [3.63, 3.8) is 0 Å². The number of halogens is 6. The minimum absolute atomic E-state index is 0.0754. The maximum absolute atomic E-state index is 11.6. The number of aliphatic carboxylic acids is 2. The van der Waals surface area contributed by atoms with Gasteiger partial charge in [-0.2, -0.15) is 31.4 Å². The van der Waals surface area contributed by atoms with Crippen molar-refractivity contribution >= 4 is 11.9 Å². The lowest BCUT2D eigenvalue weighted by molar-refractivity contribution is -0.193. The van der Waals surface area contributed by atoms with E-state index in [0.29, 0.717) is 0 Å². The predicted molar refractivity (Wildman–Crippen MR) is 137 cm³/mol. The second-order valence-corrected chi connectivity index (χ2v) is 10.5. The molecule has 2 fully saturated rings. The number of piperidine rings is 1. The average molecular weight is 609 g/mol. The molecule has 2 aromatic rings. The summed E-state index contributed by atoms with van der Waals surface area (Å²) in [5.41, 5.74) is 4.01. The van der Waals surface area contributed by atoms with Gasteiger partial charge in [0.25, 0.3) is 0 Å². The maximum Gasteiger partial charge on any atom is 0.490 e. The van der Waals surface area contributed by atoms with Crippen LogP contribution in [0.15, 0.2) is 36.7 Å². The van der Waals surface area contributed by atoms with Crippen molar-refractivity contribution in [2.75, 3.05) is 26.2 Å². The van der Waals surface area contributed by atoms with Crippen LogP contribution in [0.4, 0.5) is 26.3 Å². The van der Waals surface area contributed by atoms with Gasteiger partial charge in [-0.05, 0) is 69.9 Å². The number of hydrogen-bond acceptors (Lipinski definition) is 6. The molecule has 234 valence electrons. The summed E-state index contributed by atoms with van der Waals surface area (Å²) in [6.07, 6.45) is -1.69. The smallest absolute Gasteiger partial charge is 0.475 e. The largest absolute Gasteiger partial charge is 0.490 e. The van der Waals surface area contributed by atoms with Crippen LogP contribution in [0.25, 0.3) is 0 Å². The molecule has 3 heterocycles. The van der Waals surface area contributed by atoms with Crippen LogP contribution in [-0.4, -0.2) is 91.5 Å². The maximum atomic E-state index is 11.6. The Morgan fingerprint density at radius 1 is 0.952 bits per heavy atom. The van der Waals surface area contributed by atoms with E-state index in [9.17, 15) is 31.4 Å². The van der Waals surface area contributed by atoms with Gasteiger partial charge in [-0.3, -0.25) is 14.5 Å². The minimum atomic E-state index is -5.08.